The van der Waals surface area contributed by atoms with Crippen LogP contribution in [-0.2, 0) is 6.18 Å². The van der Waals surface area contributed by atoms with Gasteiger partial charge in [0.25, 0.3) is 0 Å². The number of nitrogens with zero attached hydrogens (tertiary/aromatic N) is 3. The van der Waals surface area contributed by atoms with Gasteiger partial charge in [-0.1, -0.05) is 30.3 Å². The molecule has 160 valence electrons. The van der Waals surface area contributed by atoms with E-state index in [1.165, 1.54) is 17.0 Å². The second-order valence-corrected chi connectivity index (χ2v) is 6.93. The van der Waals surface area contributed by atoms with Crippen LogP contribution in [0.15, 0.2) is 60.9 Å². The minimum absolute atomic E-state index is 0.0524. The highest BCUT2D eigenvalue weighted by Crippen LogP contribution is 2.35. The average Bonchev–Trinajstić information content (AvgIpc) is 2.78. The topological polar surface area (TPSA) is 122 Å². The summed E-state index contributed by atoms with van der Waals surface area (Å²) in [5, 5.41) is 16.8. The van der Waals surface area contributed by atoms with Gasteiger partial charge in [-0.15, -0.1) is 0 Å². The van der Waals surface area contributed by atoms with E-state index in [-0.39, 0.29) is 16.9 Å². The van der Waals surface area contributed by atoms with E-state index in [4.69, 9.17) is 16.6 Å². The first-order valence-corrected chi connectivity index (χ1v) is 9.23. The van der Waals surface area contributed by atoms with E-state index in [0.29, 0.717) is 34.0 Å². The Balaban J connectivity index is 1.88. The van der Waals surface area contributed by atoms with Crippen molar-refractivity contribution in [3.05, 3.63) is 83.1 Å². The molecule has 0 amide bonds. The molecule has 4 N–H and O–H groups in total. The molecule has 0 fully saturated rings. The van der Waals surface area contributed by atoms with Gasteiger partial charge in [-0.25, -0.2) is 4.98 Å². The van der Waals surface area contributed by atoms with E-state index in [1.54, 1.807) is 42.5 Å². The molecular weight excluding hydrogens is 421 g/mol. The summed E-state index contributed by atoms with van der Waals surface area (Å²) in [7, 11) is 0. The number of rotatable bonds is 3. The lowest BCUT2D eigenvalue weighted by Gasteiger charge is -2.14. The lowest BCUT2D eigenvalue weighted by molar-refractivity contribution is -0.137. The molecule has 0 radical (unpaired) electrons. The molecule has 0 aliphatic carbocycles. The number of nitrogen functional groups attached to an aromatic ring is 1. The van der Waals surface area contributed by atoms with Gasteiger partial charge < -0.3 is 5.73 Å². The Kier molecular flexibility index (Phi) is 5.05. The van der Waals surface area contributed by atoms with Crippen LogP contribution in [0.2, 0.25) is 0 Å². The third-order valence-electron chi connectivity index (χ3n) is 4.88. The summed E-state index contributed by atoms with van der Waals surface area (Å²) in [4.78, 5) is 18.7. The number of hydrogen-bond acceptors (Lipinski definition) is 6. The van der Waals surface area contributed by atoms with Gasteiger partial charge in [-0.05, 0) is 23.8 Å². The molecule has 0 spiro atoms. The minimum Gasteiger partial charge on any atom is -0.383 e. The van der Waals surface area contributed by atoms with Gasteiger partial charge in [0.15, 0.2) is 0 Å². The molecule has 0 aliphatic heterocycles. The molecule has 10 heteroatoms. The van der Waals surface area contributed by atoms with Crippen molar-refractivity contribution in [2.45, 2.75) is 6.18 Å². The molecule has 0 saturated carbocycles. The van der Waals surface area contributed by atoms with Gasteiger partial charge in [-0.3, -0.25) is 25.2 Å². The fourth-order valence-corrected chi connectivity index (χ4v) is 3.26. The standard InChI is InChI=1S/C22H15F3N6O/c23-22(24,25)16-7-15(9-30-20(16)27)14-5-6-17-18(8-14)31(19(26)10-29-17)21(28)13-3-1-12(11-32)2-4-13/h1-11,26,28H,(H2,27,30). The predicted octanol–water partition coefficient (Wildman–Crippen LogP) is 3.86. The molecule has 0 saturated heterocycles. The van der Waals surface area contributed by atoms with Crippen LogP contribution in [0.5, 0.6) is 0 Å². The van der Waals surface area contributed by atoms with Crippen molar-refractivity contribution >= 4 is 29.0 Å². The van der Waals surface area contributed by atoms with Gasteiger partial charge in [0.1, 0.15) is 23.4 Å². The third kappa shape index (κ3) is 3.73. The van der Waals surface area contributed by atoms with Crippen molar-refractivity contribution in [1.82, 2.24) is 14.5 Å². The number of hydrogen-bond donors (Lipinski definition) is 3. The van der Waals surface area contributed by atoms with Crippen LogP contribution in [0.25, 0.3) is 22.2 Å². The van der Waals surface area contributed by atoms with Crippen LogP contribution in [0.3, 0.4) is 0 Å². The lowest BCUT2D eigenvalue weighted by Crippen LogP contribution is -2.28. The molecule has 0 aliphatic rings. The van der Waals surface area contributed by atoms with Crippen LogP contribution in [-0.4, -0.2) is 26.7 Å². The predicted molar refractivity (Wildman–Crippen MR) is 112 cm³/mol. The molecule has 2 aromatic heterocycles. The number of benzene rings is 2. The maximum Gasteiger partial charge on any atom is 0.419 e. The first kappa shape index (κ1) is 20.9. The summed E-state index contributed by atoms with van der Waals surface area (Å²) in [5.74, 6) is -0.670. The van der Waals surface area contributed by atoms with Crippen molar-refractivity contribution in [3.8, 4) is 11.1 Å². The highest BCUT2D eigenvalue weighted by atomic mass is 19.4. The lowest BCUT2D eigenvalue weighted by atomic mass is 10.0. The van der Waals surface area contributed by atoms with Gasteiger partial charge in [0, 0.05) is 22.9 Å². The summed E-state index contributed by atoms with van der Waals surface area (Å²) in [5.41, 5.74) is 6.51. The second-order valence-electron chi connectivity index (χ2n) is 6.93. The summed E-state index contributed by atoms with van der Waals surface area (Å²) >= 11 is 0. The number of aromatic nitrogens is 3. The third-order valence-corrected chi connectivity index (χ3v) is 4.88. The number of nitrogens with two attached hydrogens (primary N) is 1. The van der Waals surface area contributed by atoms with Crippen LogP contribution >= 0.6 is 0 Å². The maximum atomic E-state index is 13.3. The van der Waals surface area contributed by atoms with E-state index in [0.717, 1.165) is 6.07 Å². The molecule has 4 rings (SSSR count). The fraction of sp³-hybridized carbons (Fsp3) is 0.0455. The van der Waals surface area contributed by atoms with Crippen molar-refractivity contribution in [2.24, 2.45) is 0 Å². The fourth-order valence-electron chi connectivity index (χ4n) is 3.26. The molecule has 4 aromatic rings. The zero-order valence-electron chi connectivity index (χ0n) is 16.3. The number of carbonyl (C=O) groups is 1. The largest absolute Gasteiger partial charge is 0.419 e. The first-order valence-electron chi connectivity index (χ1n) is 9.23. The van der Waals surface area contributed by atoms with Crippen molar-refractivity contribution in [2.75, 3.05) is 5.73 Å². The monoisotopic (exact) mass is 436 g/mol. The molecule has 32 heavy (non-hydrogen) atoms. The molecular formula is C22H15F3N6O. The van der Waals surface area contributed by atoms with Gasteiger partial charge in [0.05, 0.1) is 22.8 Å². The second kappa shape index (κ2) is 7.73. The van der Waals surface area contributed by atoms with E-state index >= 15 is 0 Å². The Hall–Kier alpha value is -4.34. The Morgan fingerprint density at radius 3 is 2.38 bits per heavy atom. The number of nitrogens with one attached hydrogen (secondary N) is 2. The smallest absolute Gasteiger partial charge is 0.383 e. The van der Waals surface area contributed by atoms with Crippen LogP contribution in [0.1, 0.15) is 21.5 Å². The summed E-state index contributed by atoms with van der Waals surface area (Å²) < 4.78 is 41.1. The zero-order valence-corrected chi connectivity index (χ0v) is 16.3. The number of alkyl halides is 3. The Morgan fingerprint density at radius 1 is 1.00 bits per heavy atom. The summed E-state index contributed by atoms with van der Waals surface area (Å²) in [6.45, 7) is 0. The quantitative estimate of drug-likeness (QED) is 0.256. The number of aldehydes is 1. The number of fused-ring (bicyclic) bond motifs is 1. The highest BCUT2D eigenvalue weighted by Gasteiger charge is 2.34. The van der Waals surface area contributed by atoms with Gasteiger partial charge in [0.2, 0.25) is 0 Å². The first-order chi connectivity index (χ1) is 15.2. The SMILES string of the molecule is N=C(c1ccc(C=O)cc1)n1c(=N)cnc2ccc(-c3cnc(N)c(C(F)(F)F)c3)cc21. The molecule has 2 aromatic carbocycles. The van der Waals surface area contributed by atoms with E-state index in [9.17, 15) is 18.0 Å². The summed E-state index contributed by atoms with van der Waals surface area (Å²) in [6.07, 6.45) is -1.46. The van der Waals surface area contributed by atoms with Gasteiger partial charge >= 0.3 is 6.18 Å². The summed E-state index contributed by atoms with van der Waals surface area (Å²) in [6, 6.07) is 11.9. The Morgan fingerprint density at radius 2 is 1.72 bits per heavy atom. The zero-order chi connectivity index (χ0) is 23.0. The van der Waals surface area contributed by atoms with E-state index in [2.05, 4.69) is 9.97 Å². The molecule has 0 bridgehead atoms. The Labute approximate surface area is 179 Å². The van der Waals surface area contributed by atoms with Gasteiger partial charge in [-0.2, -0.15) is 13.2 Å². The maximum absolute atomic E-state index is 13.3. The van der Waals surface area contributed by atoms with E-state index in [1.807, 2.05) is 0 Å². The number of carbonyl (C=O) groups excluding carboxylic acids is 1. The van der Waals surface area contributed by atoms with Crippen molar-refractivity contribution in [1.29, 1.82) is 10.8 Å². The van der Waals surface area contributed by atoms with Crippen LogP contribution < -0.4 is 11.2 Å². The highest BCUT2D eigenvalue weighted by molar-refractivity contribution is 6.03. The molecule has 0 unspecified atom stereocenters. The molecule has 2 heterocycles. The number of pyridine rings is 1. The van der Waals surface area contributed by atoms with Crippen LogP contribution in [0.4, 0.5) is 19.0 Å². The molecule has 7 nitrogen and oxygen atoms in total. The van der Waals surface area contributed by atoms with Crippen LogP contribution in [0, 0.1) is 10.8 Å². The number of anilines is 1. The van der Waals surface area contributed by atoms with Crippen molar-refractivity contribution < 1.29 is 18.0 Å². The minimum atomic E-state index is -4.66. The van der Waals surface area contributed by atoms with Crippen molar-refractivity contribution in [3.63, 3.8) is 0 Å². The normalized spacial score (nSPS) is 11.5. The van der Waals surface area contributed by atoms with E-state index < -0.39 is 17.6 Å². The number of halogens is 3. The Bertz CT molecular complexity index is 1420. The molecule has 0 atom stereocenters. The average molecular weight is 436 g/mol.